The van der Waals surface area contributed by atoms with Crippen LogP contribution in [0.4, 0.5) is 5.82 Å². The molecule has 1 saturated heterocycles. The summed E-state index contributed by atoms with van der Waals surface area (Å²) in [5, 5.41) is 4.42. The van der Waals surface area contributed by atoms with Crippen molar-refractivity contribution in [2.75, 3.05) is 32.1 Å². The van der Waals surface area contributed by atoms with Crippen LogP contribution < -0.4 is 15.0 Å². The van der Waals surface area contributed by atoms with Gasteiger partial charge in [-0.3, -0.25) is 9.97 Å². The number of rotatable bonds is 5. The number of aromatic nitrogens is 5. The number of H-pyrrole nitrogens is 1. The van der Waals surface area contributed by atoms with Crippen molar-refractivity contribution in [2.24, 2.45) is 0 Å². The zero-order chi connectivity index (χ0) is 21.2. The van der Waals surface area contributed by atoms with Crippen molar-refractivity contribution in [3.05, 3.63) is 49.2 Å². The van der Waals surface area contributed by atoms with Gasteiger partial charge in [0.25, 0.3) is 0 Å². The lowest BCUT2D eigenvalue weighted by atomic mass is 10.1. The fourth-order valence-electron chi connectivity index (χ4n) is 3.82. The molecule has 1 aliphatic rings. The third-order valence-electron chi connectivity index (χ3n) is 5.50. The molecule has 3 aromatic heterocycles. The summed E-state index contributed by atoms with van der Waals surface area (Å²) in [6, 6.07) is 6.21. The summed E-state index contributed by atoms with van der Waals surface area (Å²) < 4.78 is 6.06. The van der Waals surface area contributed by atoms with Crippen LogP contribution in [0.25, 0.3) is 33.4 Å². The van der Waals surface area contributed by atoms with Gasteiger partial charge in [0.15, 0.2) is 0 Å². The van der Waals surface area contributed by atoms with E-state index in [1.807, 2.05) is 31.3 Å². The Morgan fingerprint density at radius 1 is 1.06 bits per heavy atom. The minimum absolute atomic E-state index is 0.136. The van der Waals surface area contributed by atoms with Gasteiger partial charge in [0.1, 0.15) is 11.9 Å². The highest BCUT2D eigenvalue weighted by atomic mass is 16.5. The molecule has 1 atom stereocenters. The fourth-order valence-corrected chi connectivity index (χ4v) is 3.82. The molecular weight excluding hydrogens is 390 g/mol. The monoisotopic (exact) mass is 415 g/mol. The van der Waals surface area contributed by atoms with Crippen LogP contribution in [-0.4, -0.2) is 58.2 Å². The van der Waals surface area contributed by atoms with Gasteiger partial charge in [-0.05, 0) is 31.5 Å². The molecule has 4 aromatic rings. The van der Waals surface area contributed by atoms with E-state index in [9.17, 15) is 0 Å². The Kier molecular flexibility index (Phi) is 5.21. The van der Waals surface area contributed by atoms with Crippen molar-refractivity contribution in [2.45, 2.75) is 18.9 Å². The van der Waals surface area contributed by atoms with E-state index >= 15 is 0 Å². The lowest BCUT2D eigenvalue weighted by Crippen LogP contribution is -2.37. The Balaban J connectivity index is 1.46. The van der Waals surface area contributed by atoms with Gasteiger partial charge in [0, 0.05) is 48.9 Å². The summed E-state index contributed by atoms with van der Waals surface area (Å²) in [6.45, 7) is 1.89. The Bertz CT molecular complexity index is 1180. The predicted octanol–water partition coefficient (Wildman–Crippen LogP) is 3.28. The third-order valence-corrected chi connectivity index (χ3v) is 5.50. The van der Waals surface area contributed by atoms with Gasteiger partial charge in [-0.25, -0.2) is 9.97 Å². The van der Waals surface area contributed by atoms with Crippen LogP contribution >= 0.6 is 0 Å². The molecule has 158 valence electrons. The first-order valence-electron chi connectivity index (χ1n) is 10.5. The molecule has 1 fully saturated rings. The lowest BCUT2D eigenvalue weighted by molar-refractivity contribution is 0.160. The Morgan fingerprint density at radius 2 is 2.00 bits per heavy atom. The van der Waals surface area contributed by atoms with Gasteiger partial charge in [-0.1, -0.05) is 6.07 Å². The molecule has 8 nitrogen and oxygen atoms in total. The predicted molar refractivity (Wildman–Crippen MR) is 121 cm³/mol. The quantitative estimate of drug-likeness (QED) is 0.517. The van der Waals surface area contributed by atoms with Crippen molar-refractivity contribution in [3.63, 3.8) is 0 Å². The van der Waals surface area contributed by atoms with E-state index in [1.54, 1.807) is 24.8 Å². The average Bonchev–Trinajstić information content (AvgIpc) is 3.23. The molecule has 0 radical (unpaired) electrons. The van der Waals surface area contributed by atoms with Crippen LogP contribution in [0.2, 0.25) is 0 Å². The van der Waals surface area contributed by atoms with E-state index in [1.165, 1.54) is 0 Å². The van der Waals surface area contributed by atoms with Crippen LogP contribution in [-0.2, 0) is 0 Å². The Hall–Kier alpha value is -3.52. The van der Waals surface area contributed by atoms with Gasteiger partial charge >= 0.3 is 0 Å². The first-order chi connectivity index (χ1) is 15.2. The molecule has 31 heavy (non-hydrogen) atoms. The average molecular weight is 416 g/mol. The van der Waals surface area contributed by atoms with Gasteiger partial charge in [-0.15, -0.1) is 0 Å². The van der Waals surface area contributed by atoms with E-state index in [4.69, 9.17) is 9.72 Å². The van der Waals surface area contributed by atoms with Crippen molar-refractivity contribution in [3.8, 4) is 28.4 Å². The van der Waals surface area contributed by atoms with E-state index < -0.39 is 0 Å². The van der Waals surface area contributed by atoms with Crippen LogP contribution in [0.15, 0.2) is 49.2 Å². The molecule has 0 amide bonds. The summed E-state index contributed by atoms with van der Waals surface area (Å²) in [4.78, 5) is 23.4. The standard InChI is InChI=1S/C23H25N7O/c1-30(2)22-13-27-20(12-28-22)15-5-6-19-17(8-15)18(10-26-19)21-11-25-14-23(29-21)31-16-4-3-7-24-9-16/h5-6,8,10-14,16,24,26H,3-4,7,9H2,1-2H3. The van der Waals surface area contributed by atoms with Crippen LogP contribution in [0.5, 0.6) is 5.88 Å². The number of benzene rings is 1. The number of hydrogen-bond acceptors (Lipinski definition) is 7. The highest BCUT2D eigenvalue weighted by Gasteiger charge is 2.16. The molecule has 1 aliphatic heterocycles. The van der Waals surface area contributed by atoms with E-state index in [-0.39, 0.29) is 6.10 Å². The van der Waals surface area contributed by atoms with Crippen molar-refractivity contribution in [1.82, 2.24) is 30.2 Å². The molecule has 0 aliphatic carbocycles. The smallest absolute Gasteiger partial charge is 0.233 e. The second-order valence-electron chi connectivity index (χ2n) is 7.95. The summed E-state index contributed by atoms with van der Waals surface area (Å²) in [5.74, 6) is 1.38. The molecule has 0 bridgehead atoms. The van der Waals surface area contributed by atoms with Gasteiger partial charge < -0.3 is 19.9 Å². The number of hydrogen-bond donors (Lipinski definition) is 2. The van der Waals surface area contributed by atoms with Gasteiger partial charge in [0.2, 0.25) is 5.88 Å². The number of aromatic amines is 1. The first kappa shape index (κ1) is 19.4. The third kappa shape index (κ3) is 4.06. The molecule has 8 heteroatoms. The Morgan fingerprint density at radius 3 is 2.77 bits per heavy atom. The van der Waals surface area contributed by atoms with Gasteiger partial charge in [-0.2, -0.15) is 0 Å². The molecule has 5 rings (SSSR count). The number of fused-ring (bicyclic) bond motifs is 1. The molecule has 2 N–H and O–H groups in total. The van der Waals surface area contributed by atoms with Gasteiger partial charge in [0.05, 0.1) is 36.2 Å². The Labute approximate surface area is 180 Å². The SMILES string of the molecule is CN(C)c1cnc(-c2ccc3[nH]cc(-c4cncc(OC5CCCNC5)n4)c3c2)cn1. The van der Waals surface area contributed by atoms with E-state index in [0.29, 0.717) is 5.88 Å². The van der Waals surface area contributed by atoms with Crippen molar-refractivity contribution >= 4 is 16.7 Å². The molecule has 1 unspecified atom stereocenters. The number of nitrogens with one attached hydrogen (secondary N) is 2. The summed E-state index contributed by atoms with van der Waals surface area (Å²) >= 11 is 0. The minimum atomic E-state index is 0.136. The van der Waals surface area contributed by atoms with E-state index in [0.717, 1.165) is 65.2 Å². The van der Waals surface area contributed by atoms with Crippen molar-refractivity contribution in [1.29, 1.82) is 0 Å². The van der Waals surface area contributed by atoms with Crippen LogP contribution in [0, 0.1) is 0 Å². The summed E-state index contributed by atoms with van der Waals surface area (Å²) in [6.07, 6.45) is 11.3. The maximum Gasteiger partial charge on any atom is 0.233 e. The highest BCUT2D eigenvalue weighted by Crippen LogP contribution is 2.31. The molecule has 0 saturated carbocycles. The number of ether oxygens (including phenoxy) is 1. The second kappa shape index (κ2) is 8.31. The maximum absolute atomic E-state index is 6.06. The molecular formula is C23H25N7O. The lowest BCUT2D eigenvalue weighted by Gasteiger charge is -2.23. The minimum Gasteiger partial charge on any atom is -0.472 e. The van der Waals surface area contributed by atoms with Crippen molar-refractivity contribution < 1.29 is 4.74 Å². The molecule has 1 aromatic carbocycles. The van der Waals surface area contributed by atoms with Crippen LogP contribution in [0.3, 0.4) is 0 Å². The molecule has 4 heterocycles. The second-order valence-corrected chi connectivity index (χ2v) is 7.95. The molecule has 0 spiro atoms. The topological polar surface area (TPSA) is 91.9 Å². The normalized spacial score (nSPS) is 16.4. The zero-order valence-electron chi connectivity index (χ0n) is 17.7. The maximum atomic E-state index is 6.06. The first-order valence-corrected chi connectivity index (χ1v) is 10.5. The number of nitrogens with zero attached hydrogens (tertiary/aromatic N) is 5. The van der Waals surface area contributed by atoms with E-state index in [2.05, 4.69) is 37.4 Å². The zero-order valence-corrected chi connectivity index (χ0v) is 17.7. The summed E-state index contributed by atoms with van der Waals surface area (Å²) in [7, 11) is 3.90. The largest absolute Gasteiger partial charge is 0.472 e. The summed E-state index contributed by atoms with van der Waals surface area (Å²) in [5.41, 5.74) is 4.61. The highest BCUT2D eigenvalue weighted by molar-refractivity contribution is 5.96. The number of anilines is 1. The number of piperidine rings is 1. The fraction of sp³-hybridized carbons (Fsp3) is 0.304. The van der Waals surface area contributed by atoms with Crippen LogP contribution in [0.1, 0.15) is 12.8 Å².